The second-order valence-electron chi connectivity index (χ2n) is 8.76. The van der Waals surface area contributed by atoms with Gasteiger partial charge in [-0.05, 0) is 51.2 Å². The Labute approximate surface area is 161 Å². The highest BCUT2D eigenvalue weighted by Crippen LogP contribution is 2.34. The predicted molar refractivity (Wildman–Crippen MR) is 106 cm³/mol. The smallest absolute Gasteiger partial charge is 0.410 e. The summed E-state index contributed by atoms with van der Waals surface area (Å²) in [7, 11) is 0. The molecule has 6 heteroatoms. The molecule has 27 heavy (non-hydrogen) atoms. The minimum Gasteiger partial charge on any atom is -0.444 e. The topological polar surface area (TPSA) is 50.1 Å². The molecule has 4 rings (SSSR count). The summed E-state index contributed by atoms with van der Waals surface area (Å²) in [5, 5.41) is 4.60. The minimum absolute atomic E-state index is 0.219. The van der Waals surface area contributed by atoms with E-state index in [1.807, 2.05) is 31.5 Å². The lowest BCUT2D eigenvalue weighted by atomic mass is 9.99. The number of fused-ring (bicyclic) bond motifs is 1. The normalized spacial score (nSPS) is 19.1. The fraction of sp³-hybridized carbons (Fsp3) is 0.619. The third kappa shape index (κ3) is 3.89. The molecule has 3 heterocycles. The number of aromatic nitrogens is 2. The first-order valence-electron chi connectivity index (χ1n) is 10.1. The summed E-state index contributed by atoms with van der Waals surface area (Å²) in [6.07, 6.45) is 9.22. The van der Waals surface area contributed by atoms with E-state index >= 15 is 0 Å². The van der Waals surface area contributed by atoms with Crippen LogP contribution in [0.3, 0.4) is 0 Å². The fourth-order valence-corrected chi connectivity index (χ4v) is 4.19. The van der Waals surface area contributed by atoms with E-state index in [0.29, 0.717) is 19.0 Å². The number of rotatable bonds is 2. The summed E-state index contributed by atoms with van der Waals surface area (Å²) in [5.41, 5.74) is 3.25. The average molecular weight is 370 g/mol. The van der Waals surface area contributed by atoms with E-state index < -0.39 is 5.60 Å². The van der Waals surface area contributed by atoms with Crippen LogP contribution in [0.2, 0.25) is 0 Å². The van der Waals surface area contributed by atoms with E-state index in [2.05, 4.69) is 28.3 Å². The maximum absolute atomic E-state index is 12.3. The molecule has 1 aliphatic carbocycles. The molecule has 2 fully saturated rings. The number of nitrogens with zero attached hydrogens (tertiary/aromatic N) is 4. The highest BCUT2D eigenvalue weighted by Gasteiger charge is 2.27. The van der Waals surface area contributed by atoms with Crippen LogP contribution in [0, 0.1) is 0 Å². The number of ether oxygens (including phenoxy) is 1. The van der Waals surface area contributed by atoms with E-state index in [9.17, 15) is 4.79 Å². The maximum Gasteiger partial charge on any atom is 0.410 e. The lowest BCUT2D eigenvalue weighted by Gasteiger charge is -2.36. The van der Waals surface area contributed by atoms with Crippen molar-refractivity contribution in [1.82, 2.24) is 14.5 Å². The van der Waals surface area contributed by atoms with Crippen molar-refractivity contribution in [3.05, 3.63) is 30.1 Å². The summed E-state index contributed by atoms with van der Waals surface area (Å²) in [4.78, 5) is 16.4. The number of anilines is 1. The SMILES string of the molecule is CC(C)(C)OC(=O)N1CCN(c2cnn3cc(C4CCCC4)ccc23)CC1. The van der Waals surface area contributed by atoms with Gasteiger partial charge in [0.25, 0.3) is 0 Å². The third-order valence-electron chi connectivity index (χ3n) is 5.62. The van der Waals surface area contributed by atoms with Gasteiger partial charge in [-0.2, -0.15) is 5.10 Å². The van der Waals surface area contributed by atoms with Gasteiger partial charge >= 0.3 is 6.09 Å². The van der Waals surface area contributed by atoms with E-state index in [4.69, 9.17) is 4.74 Å². The zero-order chi connectivity index (χ0) is 19.0. The molecule has 2 aromatic heterocycles. The molecule has 0 atom stereocenters. The van der Waals surface area contributed by atoms with E-state index in [0.717, 1.165) is 24.3 Å². The Bertz CT molecular complexity index is 809. The number of carbonyl (C=O) groups is 1. The highest BCUT2D eigenvalue weighted by molar-refractivity contribution is 5.74. The van der Waals surface area contributed by atoms with E-state index in [1.54, 1.807) is 4.90 Å². The number of hydrogen-bond donors (Lipinski definition) is 0. The summed E-state index contributed by atoms with van der Waals surface area (Å²) >= 11 is 0. The number of piperazine rings is 1. The number of carbonyl (C=O) groups excluding carboxylic acids is 1. The molecule has 2 aliphatic rings. The van der Waals surface area contributed by atoms with Crippen LogP contribution in [-0.4, -0.2) is 52.4 Å². The van der Waals surface area contributed by atoms with Crippen molar-refractivity contribution in [2.24, 2.45) is 0 Å². The lowest BCUT2D eigenvalue weighted by molar-refractivity contribution is 0.0241. The van der Waals surface area contributed by atoms with Crippen molar-refractivity contribution >= 4 is 17.3 Å². The molecule has 1 saturated heterocycles. The summed E-state index contributed by atoms with van der Waals surface area (Å²) in [5.74, 6) is 0.694. The van der Waals surface area contributed by atoms with Gasteiger partial charge in [-0.1, -0.05) is 18.9 Å². The van der Waals surface area contributed by atoms with Crippen molar-refractivity contribution in [2.75, 3.05) is 31.1 Å². The zero-order valence-corrected chi connectivity index (χ0v) is 16.6. The molecule has 1 amide bonds. The van der Waals surface area contributed by atoms with Crippen LogP contribution in [0.1, 0.15) is 57.9 Å². The lowest BCUT2D eigenvalue weighted by Crippen LogP contribution is -2.50. The fourth-order valence-electron chi connectivity index (χ4n) is 4.19. The predicted octanol–water partition coefficient (Wildman–Crippen LogP) is 4.05. The van der Waals surface area contributed by atoms with Gasteiger partial charge in [0.1, 0.15) is 5.60 Å². The van der Waals surface area contributed by atoms with E-state index in [1.165, 1.54) is 31.2 Å². The van der Waals surface area contributed by atoms with Gasteiger partial charge in [-0.3, -0.25) is 0 Å². The van der Waals surface area contributed by atoms with Crippen molar-refractivity contribution in [3.63, 3.8) is 0 Å². The standard InChI is InChI=1S/C21H30N4O2/c1-21(2,3)27-20(26)24-12-10-23(11-13-24)19-14-22-25-15-17(8-9-18(19)25)16-6-4-5-7-16/h8-9,14-16H,4-7,10-13H2,1-3H3. The van der Waals surface area contributed by atoms with Crippen molar-refractivity contribution in [2.45, 2.75) is 58.0 Å². The van der Waals surface area contributed by atoms with Crippen molar-refractivity contribution < 1.29 is 9.53 Å². The molecule has 6 nitrogen and oxygen atoms in total. The second-order valence-corrected chi connectivity index (χ2v) is 8.76. The van der Waals surface area contributed by atoms with Crippen LogP contribution in [0.5, 0.6) is 0 Å². The van der Waals surface area contributed by atoms with Gasteiger partial charge < -0.3 is 14.5 Å². The number of hydrogen-bond acceptors (Lipinski definition) is 4. The Balaban J connectivity index is 1.44. The third-order valence-corrected chi connectivity index (χ3v) is 5.62. The van der Waals surface area contributed by atoms with Crippen molar-refractivity contribution in [1.29, 1.82) is 0 Å². The molecule has 0 aromatic carbocycles. The molecule has 0 spiro atoms. The van der Waals surface area contributed by atoms with Crippen LogP contribution < -0.4 is 4.90 Å². The minimum atomic E-state index is -0.451. The molecule has 1 aliphatic heterocycles. The van der Waals surface area contributed by atoms with Gasteiger partial charge in [0, 0.05) is 32.4 Å². The first kappa shape index (κ1) is 18.1. The van der Waals surface area contributed by atoms with Crippen LogP contribution in [-0.2, 0) is 4.74 Å². The van der Waals surface area contributed by atoms with Crippen LogP contribution in [0.15, 0.2) is 24.5 Å². The Morgan fingerprint density at radius 2 is 1.81 bits per heavy atom. The number of amides is 1. The van der Waals surface area contributed by atoms with Crippen LogP contribution in [0.25, 0.3) is 5.52 Å². The van der Waals surface area contributed by atoms with Gasteiger partial charge in [0.15, 0.2) is 0 Å². The first-order chi connectivity index (χ1) is 12.9. The second kappa shape index (κ2) is 7.06. The van der Waals surface area contributed by atoms with Crippen LogP contribution >= 0.6 is 0 Å². The Kier molecular flexibility index (Phi) is 4.74. The largest absolute Gasteiger partial charge is 0.444 e. The molecule has 0 radical (unpaired) electrons. The maximum atomic E-state index is 12.3. The molecule has 2 aromatic rings. The average Bonchev–Trinajstić information content (AvgIpc) is 3.30. The molecule has 146 valence electrons. The number of pyridine rings is 1. The van der Waals surface area contributed by atoms with E-state index in [-0.39, 0.29) is 6.09 Å². The summed E-state index contributed by atoms with van der Waals surface area (Å²) in [6, 6.07) is 4.48. The molecule has 0 N–H and O–H groups in total. The van der Waals surface area contributed by atoms with Gasteiger partial charge in [0.2, 0.25) is 0 Å². The monoisotopic (exact) mass is 370 g/mol. The summed E-state index contributed by atoms with van der Waals surface area (Å²) < 4.78 is 7.50. The van der Waals surface area contributed by atoms with Crippen LogP contribution in [0.4, 0.5) is 10.5 Å². The molecule has 1 saturated carbocycles. The Morgan fingerprint density at radius 3 is 2.48 bits per heavy atom. The Hall–Kier alpha value is -2.24. The van der Waals surface area contributed by atoms with Gasteiger partial charge in [0.05, 0.1) is 17.4 Å². The van der Waals surface area contributed by atoms with Gasteiger partial charge in [-0.15, -0.1) is 0 Å². The Morgan fingerprint density at radius 1 is 1.11 bits per heavy atom. The quantitative estimate of drug-likeness (QED) is 0.800. The van der Waals surface area contributed by atoms with Crippen molar-refractivity contribution in [3.8, 4) is 0 Å². The molecule has 0 unspecified atom stereocenters. The molecular weight excluding hydrogens is 340 g/mol. The summed E-state index contributed by atoms with van der Waals surface area (Å²) in [6.45, 7) is 8.65. The highest BCUT2D eigenvalue weighted by atomic mass is 16.6. The zero-order valence-electron chi connectivity index (χ0n) is 16.6. The first-order valence-corrected chi connectivity index (χ1v) is 10.1. The van der Waals surface area contributed by atoms with Gasteiger partial charge in [-0.25, -0.2) is 9.31 Å². The molecular formula is C21H30N4O2. The molecule has 0 bridgehead atoms.